The van der Waals surface area contributed by atoms with Crippen molar-refractivity contribution in [2.24, 2.45) is 5.92 Å². The number of para-hydroxylation sites is 2. The summed E-state index contributed by atoms with van der Waals surface area (Å²) in [7, 11) is 0. The first-order valence-electron chi connectivity index (χ1n) is 21.8. The van der Waals surface area contributed by atoms with Crippen molar-refractivity contribution < 1.29 is 27.3 Å². The molecule has 0 aliphatic heterocycles. The van der Waals surface area contributed by atoms with Gasteiger partial charge in [0.15, 0.2) is 0 Å². The second-order valence-electron chi connectivity index (χ2n) is 16.7. The van der Waals surface area contributed by atoms with Gasteiger partial charge >= 0.3 is 128 Å². The smallest absolute Gasteiger partial charge is 0 e. The van der Waals surface area contributed by atoms with Gasteiger partial charge in [-0.1, -0.05) is 89.8 Å². The van der Waals surface area contributed by atoms with Gasteiger partial charge in [-0.3, -0.25) is 4.98 Å². The minimum absolute atomic E-state index is 0. The van der Waals surface area contributed by atoms with Gasteiger partial charge in [0, 0.05) is 42.4 Å². The summed E-state index contributed by atoms with van der Waals surface area (Å²) < 4.78 is 26.9. The van der Waals surface area contributed by atoms with Gasteiger partial charge in [-0.05, 0) is 60.0 Å². The van der Waals surface area contributed by atoms with Crippen LogP contribution in [0.4, 0.5) is 0 Å². The number of aryl methyl sites for hydroxylation is 1. The van der Waals surface area contributed by atoms with Crippen LogP contribution < -0.4 is 4.40 Å². The van der Waals surface area contributed by atoms with E-state index in [9.17, 15) is 0 Å². The number of pyridine rings is 2. The van der Waals surface area contributed by atoms with Crippen LogP contribution in [0.25, 0.3) is 83.7 Å². The summed E-state index contributed by atoms with van der Waals surface area (Å²) in [6.45, 7) is 5.85. The molecule has 1 radical (unpaired) electrons. The van der Waals surface area contributed by atoms with Gasteiger partial charge in [-0.15, -0.1) is 18.2 Å². The molecular formula is C55H48GeIrN4O-2. The maximum Gasteiger partial charge on any atom is 0 e. The van der Waals surface area contributed by atoms with Crippen LogP contribution in [0.3, 0.4) is 0 Å². The molecule has 6 aromatic carbocycles. The van der Waals surface area contributed by atoms with E-state index >= 15 is 0 Å². The average molecular weight is 1050 g/mol. The van der Waals surface area contributed by atoms with Crippen molar-refractivity contribution in [2.45, 2.75) is 44.4 Å². The molecule has 4 heterocycles. The minimum Gasteiger partial charge on any atom is 0 e. The topological polar surface area (TPSA) is 56.7 Å². The third-order valence-electron chi connectivity index (χ3n) is 10.8. The van der Waals surface area contributed by atoms with Gasteiger partial charge in [0.25, 0.3) is 0 Å². The van der Waals surface area contributed by atoms with E-state index in [4.69, 9.17) is 12.1 Å². The number of nitrogens with zero attached hydrogens (tertiary/aromatic N) is 4. The maximum absolute atomic E-state index is 8.56. The third-order valence-corrected chi connectivity index (χ3v) is 15.0. The molecule has 0 aliphatic carbocycles. The molecule has 10 rings (SSSR count). The zero-order valence-electron chi connectivity index (χ0n) is 37.7. The fraction of sp³-hybridized carbons (Fsp3) is 0.145. The summed E-state index contributed by atoms with van der Waals surface area (Å²) in [4.78, 5) is 14.4. The molecule has 5 nitrogen and oxygen atoms in total. The molecule has 0 spiro atoms. The van der Waals surface area contributed by atoms with Gasteiger partial charge in [-0.2, -0.15) is 0 Å². The van der Waals surface area contributed by atoms with Crippen LogP contribution in [-0.4, -0.2) is 32.8 Å². The van der Waals surface area contributed by atoms with Crippen molar-refractivity contribution in [2.75, 3.05) is 0 Å². The number of fused-ring (bicyclic) bond motifs is 4. The molecule has 4 aromatic heterocycles. The van der Waals surface area contributed by atoms with Gasteiger partial charge in [0.2, 0.25) is 5.71 Å². The fourth-order valence-electron chi connectivity index (χ4n) is 7.89. The van der Waals surface area contributed by atoms with Crippen LogP contribution in [-0.2, 0) is 26.5 Å². The summed E-state index contributed by atoms with van der Waals surface area (Å²) in [6.07, 6.45) is 0.562. The van der Waals surface area contributed by atoms with Crippen molar-refractivity contribution in [3.63, 3.8) is 0 Å². The van der Waals surface area contributed by atoms with E-state index < -0.39 is 19.6 Å². The zero-order chi connectivity index (χ0) is 43.9. The Morgan fingerprint density at radius 1 is 0.710 bits per heavy atom. The Hall–Kier alpha value is -5.92. The second-order valence-corrected chi connectivity index (χ2v) is 27.2. The second kappa shape index (κ2) is 18.2. The summed E-state index contributed by atoms with van der Waals surface area (Å²) in [5.74, 6) is 7.55. The average Bonchev–Trinajstić information content (AvgIpc) is 3.87. The van der Waals surface area contributed by atoms with Crippen LogP contribution >= 0.6 is 0 Å². The summed E-state index contributed by atoms with van der Waals surface area (Å²) in [5.41, 5.74) is 13.2. The number of hydrogen-bond donors (Lipinski definition) is 0. The summed E-state index contributed by atoms with van der Waals surface area (Å²) in [5, 5.41) is 1.99. The Morgan fingerprint density at radius 3 is 2.16 bits per heavy atom. The predicted molar refractivity (Wildman–Crippen MR) is 256 cm³/mol. The Bertz CT molecular complexity index is 3230. The largest absolute Gasteiger partial charge is 0 e. The molecule has 0 saturated carbocycles. The van der Waals surface area contributed by atoms with Crippen molar-refractivity contribution in [1.82, 2.24) is 19.5 Å². The van der Waals surface area contributed by atoms with E-state index in [0.29, 0.717) is 5.71 Å². The van der Waals surface area contributed by atoms with Crippen molar-refractivity contribution in [3.05, 3.63) is 187 Å². The summed E-state index contributed by atoms with van der Waals surface area (Å²) >= 11 is -2.20. The molecule has 0 atom stereocenters. The zero-order valence-corrected chi connectivity index (χ0v) is 40.2. The molecule has 0 bridgehead atoms. The van der Waals surface area contributed by atoms with E-state index in [1.165, 1.54) is 5.56 Å². The number of imidazole rings is 1. The van der Waals surface area contributed by atoms with Crippen molar-refractivity contribution in [3.8, 4) is 50.6 Å². The number of hydrogen-bond acceptors (Lipinski definition) is 4. The Morgan fingerprint density at radius 2 is 1.44 bits per heavy atom. The van der Waals surface area contributed by atoms with Crippen LogP contribution in [0.15, 0.2) is 168 Å². The van der Waals surface area contributed by atoms with Crippen LogP contribution in [0, 0.1) is 25.0 Å². The number of benzene rings is 6. The van der Waals surface area contributed by atoms with E-state index in [-0.39, 0.29) is 26.0 Å². The van der Waals surface area contributed by atoms with E-state index in [1.807, 2.05) is 87.6 Å². The van der Waals surface area contributed by atoms with Gasteiger partial charge < -0.3 is 8.98 Å². The SMILES string of the molecule is Cc1ccc2c(n1)oc1c(-c3nc4ccccc4n3-c3ccc(-c4ccccc4)cc3-c3ccccc3)[c-]ccc12.[2H]C([2H])(c1cc(-c2[c-]cccc2)nc[c]1[Ge]([CH3])([CH3])[CH3])C(C)C.[Ir]. The molecular weight excluding hydrogens is 997 g/mol. The molecule has 0 unspecified atom stereocenters. The molecule has 0 saturated heterocycles. The van der Waals surface area contributed by atoms with Gasteiger partial charge in [0.1, 0.15) is 0 Å². The van der Waals surface area contributed by atoms with Crippen LogP contribution in [0.2, 0.25) is 17.3 Å². The molecule has 0 fully saturated rings. The number of furan rings is 1. The molecule has 10 aromatic rings. The quantitative estimate of drug-likeness (QED) is 0.112. The summed E-state index contributed by atoms with van der Waals surface area (Å²) in [6, 6.07) is 60.3. The first kappa shape index (κ1) is 40.2. The number of rotatable bonds is 8. The van der Waals surface area contributed by atoms with Crippen LogP contribution in [0.1, 0.15) is 27.8 Å². The Labute approximate surface area is 383 Å². The first-order valence-corrected chi connectivity index (χ1v) is 28.1. The standard InChI is InChI=1S/C37H24N3O.C18H24GeN.Ir/c1-24-19-21-29-28-15-10-16-30(35(28)41-37(29)38-24)36-39-32-17-8-9-18-34(32)40(36)33-22-20-27(25-11-4-2-5-12-25)23-31(33)26-13-6-3-7-14-26;1-14(2)11-16-12-18(15-9-7-6-8-10-15)20-13-17(16)19(3,4)5;/h2-15,17-23H,1H3;6-9,12-14H,11H2,1-5H3;/q2*-1;/i;11D2;. The minimum atomic E-state index is -2.20. The molecule has 7 heteroatoms. The Kier molecular flexibility index (Phi) is 11.8. The van der Waals surface area contributed by atoms with Gasteiger partial charge in [-0.25, -0.2) is 4.98 Å². The van der Waals surface area contributed by atoms with E-state index in [0.717, 1.165) is 88.1 Å². The maximum atomic E-state index is 8.56. The third kappa shape index (κ3) is 8.74. The fourth-order valence-corrected chi connectivity index (χ4v) is 10.8. The normalized spacial score (nSPS) is 12.2. The Balaban J connectivity index is 0.000000208. The van der Waals surface area contributed by atoms with Crippen molar-refractivity contribution in [1.29, 1.82) is 0 Å². The predicted octanol–water partition coefficient (Wildman–Crippen LogP) is 13.7. The molecule has 62 heavy (non-hydrogen) atoms. The van der Waals surface area contributed by atoms with Gasteiger partial charge in [0.05, 0.1) is 22.4 Å². The van der Waals surface area contributed by atoms with Crippen molar-refractivity contribution >= 4 is 50.8 Å². The molecule has 0 N–H and O–H groups in total. The molecule has 309 valence electrons. The first-order chi connectivity index (χ1) is 30.4. The van der Waals surface area contributed by atoms with E-state index in [2.05, 4.69) is 141 Å². The van der Waals surface area contributed by atoms with Crippen LogP contribution in [0.5, 0.6) is 0 Å². The number of aromatic nitrogens is 4. The van der Waals surface area contributed by atoms with E-state index in [1.54, 1.807) is 0 Å². The monoisotopic (exact) mass is 1050 g/mol. The molecule has 0 amide bonds. The molecule has 0 aliphatic rings.